The lowest BCUT2D eigenvalue weighted by Crippen LogP contribution is -2.41. The summed E-state index contributed by atoms with van der Waals surface area (Å²) in [5.74, 6) is 0.948. The molecular weight excluding hydrogens is 218 g/mol. The molecule has 0 radical (unpaired) electrons. The Labute approximate surface area is 101 Å². The van der Waals surface area contributed by atoms with E-state index < -0.39 is 0 Å². The number of carbonyl (C=O) groups is 1. The first kappa shape index (κ1) is 12.1. The van der Waals surface area contributed by atoms with Crippen molar-refractivity contribution in [3.8, 4) is 0 Å². The van der Waals surface area contributed by atoms with Crippen LogP contribution in [0.2, 0.25) is 0 Å². The van der Waals surface area contributed by atoms with E-state index in [-0.39, 0.29) is 11.9 Å². The van der Waals surface area contributed by atoms with E-state index in [0.29, 0.717) is 6.54 Å². The molecule has 1 fully saturated rings. The highest BCUT2D eigenvalue weighted by Crippen LogP contribution is 2.16. The number of hydrogen-bond acceptors (Lipinski definition) is 4. The predicted octanol–water partition coefficient (Wildman–Crippen LogP) is 1.00. The number of likely N-dealkylation sites (N-methyl/N-ethyl adjacent to an activating group) is 1. The Morgan fingerprint density at radius 1 is 1.59 bits per heavy atom. The van der Waals surface area contributed by atoms with E-state index in [1.54, 1.807) is 4.90 Å². The Morgan fingerprint density at radius 2 is 2.35 bits per heavy atom. The summed E-state index contributed by atoms with van der Waals surface area (Å²) in [5, 5.41) is 7.11. The van der Waals surface area contributed by atoms with Gasteiger partial charge in [-0.3, -0.25) is 4.79 Å². The van der Waals surface area contributed by atoms with E-state index in [1.165, 1.54) is 0 Å². The van der Waals surface area contributed by atoms with Crippen LogP contribution in [0.5, 0.6) is 0 Å². The van der Waals surface area contributed by atoms with Crippen molar-refractivity contribution < 1.29 is 9.32 Å². The van der Waals surface area contributed by atoms with Gasteiger partial charge >= 0.3 is 0 Å². The third-order valence-electron chi connectivity index (χ3n) is 3.31. The van der Waals surface area contributed by atoms with Crippen molar-refractivity contribution in [3.05, 3.63) is 17.0 Å². The van der Waals surface area contributed by atoms with Gasteiger partial charge in [0.05, 0.1) is 18.3 Å². The number of amides is 1. The molecule has 5 nitrogen and oxygen atoms in total. The highest BCUT2D eigenvalue weighted by molar-refractivity contribution is 5.81. The van der Waals surface area contributed by atoms with E-state index >= 15 is 0 Å². The molecule has 1 aromatic heterocycles. The zero-order valence-corrected chi connectivity index (χ0v) is 10.6. The molecule has 1 amide bonds. The maximum Gasteiger partial charge on any atom is 0.239 e. The van der Waals surface area contributed by atoms with Gasteiger partial charge in [0.15, 0.2) is 0 Å². The fourth-order valence-electron chi connectivity index (χ4n) is 2.20. The monoisotopic (exact) mass is 237 g/mol. The molecule has 1 atom stereocenters. The Hall–Kier alpha value is -1.36. The molecule has 1 unspecified atom stereocenters. The molecule has 1 aliphatic heterocycles. The van der Waals surface area contributed by atoms with Gasteiger partial charge < -0.3 is 14.7 Å². The van der Waals surface area contributed by atoms with Crippen molar-refractivity contribution in [1.29, 1.82) is 0 Å². The van der Waals surface area contributed by atoms with Crippen LogP contribution in [-0.2, 0) is 11.3 Å². The van der Waals surface area contributed by atoms with Crippen LogP contribution < -0.4 is 5.32 Å². The summed E-state index contributed by atoms with van der Waals surface area (Å²) in [7, 11) is 1.83. The second-order valence-corrected chi connectivity index (χ2v) is 4.65. The van der Waals surface area contributed by atoms with Crippen LogP contribution >= 0.6 is 0 Å². The largest absolute Gasteiger partial charge is 0.361 e. The van der Waals surface area contributed by atoms with Gasteiger partial charge in [0.1, 0.15) is 5.76 Å². The van der Waals surface area contributed by atoms with Gasteiger partial charge in [-0.2, -0.15) is 0 Å². The summed E-state index contributed by atoms with van der Waals surface area (Å²) >= 11 is 0. The highest BCUT2D eigenvalue weighted by atomic mass is 16.5. The van der Waals surface area contributed by atoms with Gasteiger partial charge in [0, 0.05) is 12.6 Å². The first-order valence-electron chi connectivity index (χ1n) is 5.99. The first-order chi connectivity index (χ1) is 8.09. The third kappa shape index (κ3) is 2.49. The van der Waals surface area contributed by atoms with Gasteiger partial charge in [0.25, 0.3) is 0 Å². The van der Waals surface area contributed by atoms with Gasteiger partial charge in [-0.05, 0) is 33.2 Å². The molecule has 5 heteroatoms. The quantitative estimate of drug-likeness (QED) is 0.852. The molecule has 1 N–H and O–H groups in total. The minimum atomic E-state index is -0.0135. The molecule has 94 valence electrons. The molecule has 0 bridgehead atoms. The molecule has 1 aromatic rings. The standard InChI is InChI=1S/C12H19N3O2/c1-8-10(9(2)17-14-8)7-15(3)12(16)11-5-4-6-13-11/h11,13H,4-7H2,1-3H3. The first-order valence-corrected chi connectivity index (χ1v) is 5.99. The Morgan fingerprint density at radius 3 is 2.88 bits per heavy atom. The smallest absolute Gasteiger partial charge is 0.239 e. The number of aromatic nitrogens is 1. The van der Waals surface area contributed by atoms with Crippen LogP contribution in [0.15, 0.2) is 4.52 Å². The number of hydrogen-bond donors (Lipinski definition) is 1. The molecule has 0 aliphatic carbocycles. The van der Waals surface area contributed by atoms with Crippen LogP contribution in [0, 0.1) is 13.8 Å². The number of rotatable bonds is 3. The third-order valence-corrected chi connectivity index (χ3v) is 3.31. The van der Waals surface area contributed by atoms with Gasteiger partial charge in [-0.25, -0.2) is 0 Å². The lowest BCUT2D eigenvalue weighted by atomic mass is 10.1. The van der Waals surface area contributed by atoms with E-state index in [0.717, 1.165) is 36.4 Å². The highest BCUT2D eigenvalue weighted by Gasteiger charge is 2.25. The van der Waals surface area contributed by atoms with E-state index in [2.05, 4.69) is 10.5 Å². The van der Waals surface area contributed by atoms with Crippen LogP contribution in [0.25, 0.3) is 0 Å². The summed E-state index contributed by atoms with van der Waals surface area (Å²) in [6.07, 6.45) is 2.01. The summed E-state index contributed by atoms with van der Waals surface area (Å²) in [6, 6.07) is -0.0135. The number of nitrogens with one attached hydrogen (secondary N) is 1. The zero-order chi connectivity index (χ0) is 12.4. The Kier molecular flexibility index (Phi) is 3.47. The SMILES string of the molecule is Cc1noc(C)c1CN(C)C(=O)C1CCCN1. The molecule has 2 heterocycles. The number of aryl methyl sites for hydroxylation is 2. The second kappa shape index (κ2) is 4.87. The lowest BCUT2D eigenvalue weighted by Gasteiger charge is -2.20. The lowest BCUT2D eigenvalue weighted by molar-refractivity contribution is -0.132. The molecule has 0 spiro atoms. The average Bonchev–Trinajstić information content (AvgIpc) is 2.93. The van der Waals surface area contributed by atoms with E-state index in [9.17, 15) is 4.79 Å². The molecule has 17 heavy (non-hydrogen) atoms. The summed E-state index contributed by atoms with van der Waals surface area (Å²) in [6.45, 7) is 5.28. The van der Waals surface area contributed by atoms with Crippen LogP contribution in [-0.4, -0.2) is 35.6 Å². The topological polar surface area (TPSA) is 58.4 Å². The average molecular weight is 237 g/mol. The molecule has 0 aromatic carbocycles. The van der Waals surface area contributed by atoms with Gasteiger partial charge in [-0.1, -0.05) is 5.16 Å². The van der Waals surface area contributed by atoms with Crippen LogP contribution in [0.4, 0.5) is 0 Å². The normalized spacial score (nSPS) is 19.6. The fourth-order valence-corrected chi connectivity index (χ4v) is 2.20. The molecule has 1 saturated heterocycles. The summed E-state index contributed by atoms with van der Waals surface area (Å²) in [4.78, 5) is 13.9. The minimum Gasteiger partial charge on any atom is -0.361 e. The van der Waals surface area contributed by atoms with Crippen molar-refractivity contribution in [3.63, 3.8) is 0 Å². The summed E-state index contributed by atoms with van der Waals surface area (Å²) < 4.78 is 5.10. The fraction of sp³-hybridized carbons (Fsp3) is 0.667. The van der Waals surface area contributed by atoms with E-state index in [1.807, 2.05) is 20.9 Å². The molecular formula is C12H19N3O2. The van der Waals surface area contributed by atoms with Crippen molar-refractivity contribution >= 4 is 5.91 Å². The van der Waals surface area contributed by atoms with E-state index in [4.69, 9.17) is 4.52 Å². The van der Waals surface area contributed by atoms with Crippen molar-refractivity contribution in [1.82, 2.24) is 15.4 Å². The molecule has 1 aliphatic rings. The minimum absolute atomic E-state index is 0.0135. The second-order valence-electron chi connectivity index (χ2n) is 4.65. The van der Waals surface area contributed by atoms with Gasteiger partial charge in [0.2, 0.25) is 5.91 Å². The van der Waals surface area contributed by atoms with Crippen LogP contribution in [0.1, 0.15) is 29.9 Å². The Balaban J connectivity index is 2.01. The zero-order valence-electron chi connectivity index (χ0n) is 10.6. The predicted molar refractivity (Wildman–Crippen MR) is 63.5 cm³/mol. The Bertz CT molecular complexity index is 388. The van der Waals surface area contributed by atoms with Crippen molar-refractivity contribution in [2.24, 2.45) is 0 Å². The maximum atomic E-state index is 12.1. The number of carbonyl (C=O) groups excluding carboxylic acids is 1. The van der Waals surface area contributed by atoms with Gasteiger partial charge in [-0.15, -0.1) is 0 Å². The maximum absolute atomic E-state index is 12.1. The van der Waals surface area contributed by atoms with Crippen LogP contribution in [0.3, 0.4) is 0 Å². The number of nitrogens with zero attached hydrogens (tertiary/aromatic N) is 2. The van der Waals surface area contributed by atoms with Crippen molar-refractivity contribution in [2.45, 2.75) is 39.3 Å². The molecule has 2 rings (SSSR count). The summed E-state index contributed by atoms with van der Waals surface area (Å²) in [5.41, 5.74) is 1.88. The molecule has 0 saturated carbocycles. The van der Waals surface area contributed by atoms with Crippen molar-refractivity contribution in [2.75, 3.05) is 13.6 Å².